The average molecular weight is 454 g/mol. The van der Waals surface area contributed by atoms with Crippen molar-refractivity contribution in [1.82, 2.24) is 4.90 Å². The fraction of sp³-hybridized carbons (Fsp3) is 0.385. The first-order valence-corrected chi connectivity index (χ1v) is 11.0. The molecule has 0 aromatic heterocycles. The Labute approximate surface area is 194 Å². The molecule has 0 saturated carbocycles. The van der Waals surface area contributed by atoms with Gasteiger partial charge in [-0.05, 0) is 60.7 Å². The number of nitrogens with zero attached hydrogens (tertiary/aromatic N) is 1. The molecule has 7 heteroatoms. The smallest absolute Gasteiger partial charge is 0.295 e. The highest BCUT2D eigenvalue weighted by Crippen LogP contribution is 2.40. The summed E-state index contributed by atoms with van der Waals surface area (Å²) in [5, 5.41) is 20.9. The number of carbonyl (C=O) groups is 2. The van der Waals surface area contributed by atoms with Crippen LogP contribution in [0, 0.1) is 12.8 Å². The van der Waals surface area contributed by atoms with E-state index in [2.05, 4.69) is 13.8 Å². The highest BCUT2D eigenvalue weighted by Gasteiger charge is 2.45. The predicted octanol–water partition coefficient (Wildman–Crippen LogP) is 4.19. The Morgan fingerprint density at radius 3 is 2.42 bits per heavy atom. The molecule has 1 fully saturated rings. The lowest BCUT2D eigenvalue weighted by Crippen LogP contribution is -2.31. The quantitative estimate of drug-likeness (QED) is 0.256. The van der Waals surface area contributed by atoms with Crippen LogP contribution in [0.25, 0.3) is 5.76 Å². The molecule has 0 spiro atoms. The topological polar surface area (TPSA) is 96.3 Å². The van der Waals surface area contributed by atoms with Crippen LogP contribution in [0.3, 0.4) is 0 Å². The fourth-order valence-corrected chi connectivity index (χ4v) is 3.89. The number of ether oxygens (including phenoxy) is 2. The molecule has 176 valence electrons. The van der Waals surface area contributed by atoms with Crippen molar-refractivity contribution in [2.24, 2.45) is 5.92 Å². The summed E-state index contributed by atoms with van der Waals surface area (Å²) in [5.74, 6) is -0.509. The molecular weight excluding hydrogens is 422 g/mol. The maximum atomic E-state index is 13.1. The molecule has 0 radical (unpaired) electrons. The Morgan fingerprint density at radius 1 is 1.12 bits per heavy atom. The van der Waals surface area contributed by atoms with E-state index < -0.39 is 17.7 Å². The van der Waals surface area contributed by atoms with Gasteiger partial charge in [-0.25, -0.2) is 0 Å². The number of phenolic OH excluding ortho intramolecular Hbond substituents is 1. The highest BCUT2D eigenvalue weighted by atomic mass is 16.5. The number of aliphatic hydroxyl groups is 1. The number of hydrogen-bond acceptors (Lipinski definition) is 6. The molecule has 1 saturated heterocycles. The summed E-state index contributed by atoms with van der Waals surface area (Å²) in [4.78, 5) is 27.4. The SMILES string of the molecule is COCCCN1C(=O)C(=O)/C(=C(/O)c2ccc(OCC(C)C)cc2C)C1c1ccc(O)cc1. The van der Waals surface area contributed by atoms with Crippen LogP contribution in [0.5, 0.6) is 11.5 Å². The Hall–Kier alpha value is -3.32. The summed E-state index contributed by atoms with van der Waals surface area (Å²) in [6.07, 6.45) is 0.541. The van der Waals surface area contributed by atoms with Crippen LogP contribution in [0.2, 0.25) is 0 Å². The van der Waals surface area contributed by atoms with Gasteiger partial charge in [0.05, 0.1) is 18.2 Å². The number of methoxy groups -OCH3 is 1. The van der Waals surface area contributed by atoms with E-state index in [1.165, 1.54) is 17.0 Å². The Balaban J connectivity index is 2.05. The van der Waals surface area contributed by atoms with Crippen molar-refractivity contribution < 1.29 is 29.3 Å². The second-order valence-electron chi connectivity index (χ2n) is 8.61. The average Bonchev–Trinajstić information content (AvgIpc) is 3.03. The van der Waals surface area contributed by atoms with Gasteiger partial charge in [0.15, 0.2) is 0 Å². The molecule has 1 unspecified atom stereocenters. The van der Waals surface area contributed by atoms with Gasteiger partial charge in [0.1, 0.15) is 17.3 Å². The molecule has 33 heavy (non-hydrogen) atoms. The van der Waals surface area contributed by atoms with E-state index in [0.29, 0.717) is 49.0 Å². The number of rotatable bonds is 9. The van der Waals surface area contributed by atoms with Gasteiger partial charge in [0, 0.05) is 25.8 Å². The zero-order valence-corrected chi connectivity index (χ0v) is 19.5. The summed E-state index contributed by atoms with van der Waals surface area (Å²) in [7, 11) is 1.57. The predicted molar refractivity (Wildman–Crippen MR) is 125 cm³/mol. The van der Waals surface area contributed by atoms with Crippen LogP contribution in [-0.4, -0.2) is 53.7 Å². The minimum absolute atomic E-state index is 0.0297. The monoisotopic (exact) mass is 453 g/mol. The maximum absolute atomic E-state index is 13.1. The minimum Gasteiger partial charge on any atom is -0.508 e. The molecule has 7 nitrogen and oxygen atoms in total. The van der Waals surface area contributed by atoms with Crippen LogP contribution in [0.4, 0.5) is 0 Å². The number of aryl methyl sites for hydroxylation is 1. The highest BCUT2D eigenvalue weighted by molar-refractivity contribution is 6.46. The summed E-state index contributed by atoms with van der Waals surface area (Å²) in [6, 6.07) is 10.8. The molecule has 2 N–H and O–H groups in total. The number of benzene rings is 2. The molecule has 0 aliphatic carbocycles. The van der Waals surface area contributed by atoms with Crippen molar-refractivity contribution in [2.75, 3.05) is 26.9 Å². The van der Waals surface area contributed by atoms with Gasteiger partial charge in [0.2, 0.25) is 0 Å². The molecule has 1 heterocycles. The third-order valence-corrected chi connectivity index (χ3v) is 5.53. The van der Waals surface area contributed by atoms with Crippen molar-refractivity contribution in [3.63, 3.8) is 0 Å². The second-order valence-corrected chi connectivity index (χ2v) is 8.61. The zero-order chi connectivity index (χ0) is 24.1. The number of ketones is 1. The molecule has 1 amide bonds. The van der Waals surface area contributed by atoms with Gasteiger partial charge in [-0.15, -0.1) is 0 Å². The molecule has 1 atom stereocenters. The van der Waals surface area contributed by atoms with Crippen molar-refractivity contribution in [3.8, 4) is 11.5 Å². The van der Waals surface area contributed by atoms with Gasteiger partial charge in [-0.1, -0.05) is 26.0 Å². The standard InChI is InChI=1S/C26H31NO6/c1-16(2)15-33-20-10-11-21(17(3)14-20)24(29)22-23(18-6-8-19(28)9-7-18)27(12-5-13-32-4)26(31)25(22)30/h6-11,14,16,23,28-29H,5,12-13,15H2,1-4H3/b24-22+. The zero-order valence-electron chi connectivity index (χ0n) is 19.5. The summed E-state index contributed by atoms with van der Waals surface area (Å²) >= 11 is 0. The van der Waals surface area contributed by atoms with Crippen LogP contribution >= 0.6 is 0 Å². The van der Waals surface area contributed by atoms with E-state index in [9.17, 15) is 19.8 Å². The molecule has 0 bridgehead atoms. The van der Waals surface area contributed by atoms with E-state index in [-0.39, 0.29) is 17.1 Å². The van der Waals surface area contributed by atoms with Crippen molar-refractivity contribution in [2.45, 2.75) is 33.2 Å². The van der Waals surface area contributed by atoms with Gasteiger partial charge >= 0.3 is 0 Å². The second kappa shape index (κ2) is 10.5. The van der Waals surface area contributed by atoms with Gasteiger partial charge < -0.3 is 24.6 Å². The summed E-state index contributed by atoms with van der Waals surface area (Å²) in [6.45, 7) is 7.23. The molecule has 1 aliphatic heterocycles. The lowest BCUT2D eigenvalue weighted by Gasteiger charge is -2.25. The van der Waals surface area contributed by atoms with Crippen LogP contribution in [-0.2, 0) is 14.3 Å². The molecule has 2 aromatic carbocycles. The number of aliphatic hydroxyl groups excluding tert-OH is 1. The van der Waals surface area contributed by atoms with Crippen molar-refractivity contribution in [3.05, 3.63) is 64.7 Å². The van der Waals surface area contributed by atoms with Crippen LogP contribution < -0.4 is 4.74 Å². The lowest BCUT2D eigenvalue weighted by atomic mass is 9.94. The molecule has 1 aliphatic rings. The first kappa shape index (κ1) is 24.3. The van der Waals surface area contributed by atoms with E-state index in [1.807, 2.05) is 13.0 Å². The largest absolute Gasteiger partial charge is 0.508 e. The molecule has 2 aromatic rings. The third kappa shape index (κ3) is 5.37. The Morgan fingerprint density at radius 2 is 1.82 bits per heavy atom. The number of Topliss-reactive ketones (excluding diaryl/α,β-unsaturated/α-hetero) is 1. The number of amides is 1. The molecule has 3 rings (SSSR count). The van der Waals surface area contributed by atoms with E-state index in [1.54, 1.807) is 31.4 Å². The van der Waals surface area contributed by atoms with Gasteiger partial charge in [-0.2, -0.15) is 0 Å². The number of hydrogen-bond donors (Lipinski definition) is 2. The lowest BCUT2D eigenvalue weighted by molar-refractivity contribution is -0.140. The first-order valence-electron chi connectivity index (χ1n) is 11.0. The Bertz CT molecular complexity index is 1040. The first-order chi connectivity index (χ1) is 15.7. The normalized spacial score (nSPS) is 17.7. The summed E-state index contributed by atoms with van der Waals surface area (Å²) < 4.78 is 10.9. The number of carbonyl (C=O) groups excluding carboxylic acids is 2. The Kier molecular flexibility index (Phi) is 7.76. The van der Waals surface area contributed by atoms with Crippen LogP contribution in [0.1, 0.15) is 43.0 Å². The summed E-state index contributed by atoms with van der Waals surface area (Å²) in [5.41, 5.74) is 1.84. The number of aromatic hydroxyl groups is 1. The van der Waals surface area contributed by atoms with Gasteiger partial charge in [-0.3, -0.25) is 9.59 Å². The third-order valence-electron chi connectivity index (χ3n) is 5.53. The van der Waals surface area contributed by atoms with Crippen molar-refractivity contribution >= 4 is 17.4 Å². The number of likely N-dealkylation sites (tertiary alicyclic amines) is 1. The van der Waals surface area contributed by atoms with E-state index in [0.717, 1.165) is 5.56 Å². The maximum Gasteiger partial charge on any atom is 0.295 e. The van der Waals surface area contributed by atoms with Crippen molar-refractivity contribution in [1.29, 1.82) is 0 Å². The van der Waals surface area contributed by atoms with E-state index >= 15 is 0 Å². The van der Waals surface area contributed by atoms with E-state index in [4.69, 9.17) is 9.47 Å². The molecular formula is C26H31NO6. The van der Waals surface area contributed by atoms with Crippen LogP contribution in [0.15, 0.2) is 48.0 Å². The fourth-order valence-electron chi connectivity index (χ4n) is 3.89. The minimum atomic E-state index is -0.765. The number of phenols is 1. The van der Waals surface area contributed by atoms with Gasteiger partial charge in [0.25, 0.3) is 11.7 Å².